The molecule has 0 spiro atoms. The number of hydrogen-bond donors (Lipinski definition) is 1. The Kier molecular flexibility index (Phi) is 4.38. The molecule has 0 aliphatic carbocycles. The summed E-state index contributed by atoms with van der Waals surface area (Å²) < 4.78 is 0. The van der Waals surface area contributed by atoms with E-state index in [1.54, 1.807) is 19.0 Å². The summed E-state index contributed by atoms with van der Waals surface area (Å²) in [5, 5.41) is 2.72. The molecule has 86 valence electrons. The predicted octanol–water partition coefficient (Wildman–Crippen LogP) is 0.253. The van der Waals surface area contributed by atoms with Crippen molar-refractivity contribution in [2.75, 3.05) is 33.7 Å². The van der Waals surface area contributed by atoms with E-state index >= 15 is 0 Å². The van der Waals surface area contributed by atoms with Crippen molar-refractivity contribution in [1.82, 2.24) is 15.1 Å². The van der Waals surface area contributed by atoms with Gasteiger partial charge in [0.05, 0.1) is 4.83 Å². The summed E-state index contributed by atoms with van der Waals surface area (Å²) in [6, 6.07) is -0.128. The SMILES string of the molecule is CN(C)C(=O)NCCN1CCC(Br)C1=O. The van der Waals surface area contributed by atoms with Crippen LogP contribution in [0.5, 0.6) is 0 Å². The molecule has 0 aromatic heterocycles. The molecule has 1 atom stereocenters. The van der Waals surface area contributed by atoms with Crippen LogP contribution in [0.2, 0.25) is 0 Å². The fraction of sp³-hybridized carbons (Fsp3) is 0.778. The Labute approximate surface area is 97.9 Å². The van der Waals surface area contributed by atoms with E-state index in [1.165, 1.54) is 4.90 Å². The standard InChI is InChI=1S/C9H16BrN3O2/c1-12(2)9(15)11-4-6-13-5-3-7(10)8(13)14/h7H,3-6H2,1-2H3,(H,11,15). The van der Waals surface area contributed by atoms with E-state index in [2.05, 4.69) is 21.2 Å². The van der Waals surface area contributed by atoms with Gasteiger partial charge in [-0.25, -0.2) is 4.79 Å². The maximum absolute atomic E-state index is 11.5. The van der Waals surface area contributed by atoms with Gasteiger partial charge in [0.25, 0.3) is 0 Å². The zero-order valence-corrected chi connectivity index (χ0v) is 10.6. The van der Waals surface area contributed by atoms with Gasteiger partial charge in [-0.3, -0.25) is 4.79 Å². The average Bonchev–Trinajstić information content (AvgIpc) is 2.49. The second-order valence-corrected chi connectivity index (χ2v) is 4.81. The predicted molar refractivity (Wildman–Crippen MR) is 61.0 cm³/mol. The molecule has 1 aliphatic heterocycles. The van der Waals surface area contributed by atoms with Gasteiger partial charge in [0.2, 0.25) is 5.91 Å². The summed E-state index contributed by atoms with van der Waals surface area (Å²) in [7, 11) is 3.37. The van der Waals surface area contributed by atoms with Crippen LogP contribution in [0.1, 0.15) is 6.42 Å². The van der Waals surface area contributed by atoms with E-state index in [0.29, 0.717) is 13.1 Å². The zero-order chi connectivity index (χ0) is 11.4. The first kappa shape index (κ1) is 12.3. The highest BCUT2D eigenvalue weighted by atomic mass is 79.9. The number of likely N-dealkylation sites (tertiary alicyclic amines) is 1. The lowest BCUT2D eigenvalue weighted by Gasteiger charge is -2.17. The molecule has 1 aliphatic rings. The van der Waals surface area contributed by atoms with Gasteiger partial charge in [0.15, 0.2) is 0 Å². The molecular formula is C9H16BrN3O2. The molecule has 1 rings (SSSR count). The van der Waals surface area contributed by atoms with Crippen molar-refractivity contribution in [2.45, 2.75) is 11.2 Å². The molecule has 1 fully saturated rings. The molecule has 0 aromatic rings. The Morgan fingerprint density at radius 2 is 2.33 bits per heavy atom. The lowest BCUT2D eigenvalue weighted by molar-refractivity contribution is -0.127. The van der Waals surface area contributed by atoms with Crippen LogP contribution >= 0.6 is 15.9 Å². The minimum absolute atomic E-state index is 0.0398. The third-order valence-electron chi connectivity index (χ3n) is 2.30. The highest BCUT2D eigenvalue weighted by Gasteiger charge is 2.28. The van der Waals surface area contributed by atoms with Gasteiger partial charge in [0, 0.05) is 33.7 Å². The second-order valence-electron chi connectivity index (χ2n) is 3.71. The molecule has 1 heterocycles. The van der Waals surface area contributed by atoms with Crippen molar-refractivity contribution in [1.29, 1.82) is 0 Å². The molecule has 6 heteroatoms. The molecule has 5 nitrogen and oxygen atoms in total. The molecule has 0 saturated carbocycles. The van der Waals surface area contributed by atoms with E-state index in [-0.39, 0.29) is 16.8 Å². The second kappa shape index (κ2) is 5.34. The third kappa shape index (κ3) is 3.37. The summed E-state index contributed by atoms with van der Waals surface area (Å²) >= 11 is 3.30. The van der Waals surface area contributed by atoms with Crippen molar-refractivity contribution in [3.05, 3.63) is 0 Å². The quantitative estimate of drug-likeness (QED) is 0.753. The number of rotatable bonds is 3. The van der Waals surface area contributed by atoms with Gasteiger partial charge in [-0.2, -0.15) is 0 Å². The van der Waals surface area contributed by atoms with Crippen molar-refractivity contribution in [2.24, 2.45) is 0 Å². The molecule has 1 saturated heterocycles. The molecule has 0 bridgehead atoms. The molecule has 1 unspecified atom stereocenters. The number of nitrogens with one attached hydrogen (secondary N) is 1. The highest BCUT2D eigenvalue weighted by molar-refractivity contribution is 9.10. The number of hydrogen-bond acceptors (Lipinski definition) is 2. The first-order valence-electron chi connectivity index (χ1n) is 4.90. The Morgan fingerprint density at radius 3 is 2.80 bits per heavy atom. The van der Waals surface area contributed by atoms with Crippen molar-refractivity contribution in [3.8, 4) is 0 Å². The number of urea groups is 1. The van der Waals surface area contributed by atoms with Gasteiger partial charge in [0.1, 0.15) is 0 Å². The number of amides is 3. The van der Waals surface area contributed by atoms with Crippen LogP contribution in [0.25, 0.3) is 0 Å². The van der Waals surface area contributed by atoms with E-state index < -0.39 is 0 Å². The number of carbonyl (C=O) groups excluding carboxylic acids is 2. The molecule has 0 aromatic carbocycles. The van der Waals surface area contributed by atoms with E-state index in [9.17, 15) is 9.59 Å². The van der Waals surface area contributed by atoms with Crippen molar-refractivity contribution in [3.63, 3.8) is 0 Å². The minimum atomic E-state index is -0.128. The number of alkyl halides is 1. The van der Waals surface area contributed by atoms with Gasteiger partial charge in [-0.1, -0.05) is 15.9 Å². The summed E-state index contributed by atoms with van der Waals surface area (Å²) in [6.07, 6.45) is 0.848. The molecule has 15 heavy (non-hydrogen) atoms. The molecular weight excluding hydrogens is 262 g/mol. The maximum Gasteiger partial charge on any atom is 0.316 e. The van der Waals surface area contributed by atoms with Crippen molar-refractivity contribution < 1.29 is 9.59 Å². The van der Waals surface area contributed by atoms with Crippen LogP contribution in [-0.4, -0.2) is 60.3 Å². The Bertz CT molecular complexity index is 258. The number of halogens is 1. The Hall–Kier alpha value is -0.780. The fourth-order valence-electron chi connectivity index (χ4n) is 1.38. The fourth-order valence-corrected chi connectivity index (χ4v) is 1.87. The lowest BCUT2D eigenvalue weighted by atomic mass is 10.4. The van der Waals surface area contributed by atoms with Crippen LogP contribution < -0.4 is 5.32 Å². The largest absolute Gasteiger partial charge is 0.340 e. The third-order valence-corrected chi connectivity index (χ3v) is 3.15. The first-order chi connectivity index (χ1) is 7.02. The van der Waals surface area contributed by atoms with Crippen LogP contribution in [0.4, 0.5) is 4.79 Å². The Balaban J connectivity index is 2.21. The highest BCUT2D eigenvalue weighted by Crippen LogP contribution is 2.17. The molecule has 0 radical (unpaired) electrons. The summed E-state index contributed by atoms with van der Waals surface area (Å²) in [5.74, 6) is 0.120. The molecule has 3 amide bonds. The summed E-state index contributed by atoms with van der Waals surface area (Å²) in [6.45, 7) is 1.86. The zero-order valence-electron chi connectivity index (χ0n) is 8.99. The summed E-state index contributed by atoms with van der Waals surface area (Å²) in [4.78, 5) is 25.8. The van der Waals surface area contributed by atoms with Crippen LogP contribution in [0.15, 0.2) is 0 Å². The topological polar surface area (TPSA) is 52.7 Å². The first-order valence-corrected chi connectivity index (χ1v) is 5.82. The average molecular weight is 278 g/mol. The van der Waals surface area contributed by atoms with Gasteiger partial charge in [-0.15, -0.1) is 0 Å². The number of nitrogens with zero attached hydrogens (tertiary/aromatic N) is 2. The Morgan fingerprint density at radius 1 is 1.67 bits per heavy atom. The normalized spacial score (nSPS) is 20.6. The smallest absolute Gasteiger partial charge is 0.316 e. The lowest BCUT2D eigenvalue weighted by Crippen LogP contribution is -2.40. The van der Waals surface area contributed by atoms with E-state index in [0.717, 1.165) is 13.0 Å². The number of carbonyl (C=O) groups is 2. The van der Waals surface area contributed by atoms with E-state index in [4.69, 9.17) is 0 Å². The maximum atomic E-state index is 11.5. The van der Waals surface area contributed by atoms with Crippen LogP contribution in [0, 0.1) is 0 Å². The van der Waals surface area contributed by atoms with Gasteiger partial charge >= 0.3 is 6.03 Å². The monoisotopic (exact) mass is 277 g/mol. The van der Waals surface area contributed by atoms with Crippen molar-refractivity contribution >= 4 is 27.9 Å². The van der Waals surface area contributed by atoms with Gasteiger partial charge in [-0.05, 0) is 6.42 Å². The van der Waals surface area contributed by atoms with Crippen LogP contribution in [0.3, 0.4) is 0 Å². The van der Waals surface area contributed by atoms with Gasteiger partial charge < -0.3 is 15.1 Å². The summed E-state index contributed by atoms with van der Waals surface area (Å²) in [5.41, 5.74) is 0. The van der Waals surface area contributed by atoms with E-state index in [1.807, 2.05) is 0 Å². The van der Waals surface area contributed by atoms with Crippen LogP contribution in [-0.2, 0) is 4.79 Å². The molecule has 1 N–H and O–H groups in total. The minimum Gasteiger partial charge on any atom is -0.340 e.